The van der Waals surface area contributed by atoms with Gasteiger partial charge in [-0.25, -0.2) is 0 Å². The van der Waals surface area contributed by atoms with Crippen LogP contribution in [0.5, 0.6) is 0 Å². The van der Waals surface area contributed by atoms with Gasteiger partial charge in [0.1, 0.15) is 0 Å². The van der Waals surface area contributed by atoms with E-state index in [0.717, 1.165) is 15.7 Å². The van der Waals surface area contributed by atoms with Crippen molar-refractivity contribution in [3.8, 4) is 11.1 Å². The molecule has 1 heterocycles. The third kappa shape index (κ3) is 1.62. The van der Waals surface area contributed by atoms with Crippen molar-refractivity contribution in [3.63, 3.8) is 0 Å². The van der Waals surface area contributed by atoms with Crippen molar-refractivity contribution in [2.24, 2.45) is 0 Å². The molecule has 0 saturated carbocycles. The van der Waals surface area contributed by atoms with Crippen molar-refractivity contribution in [3.05, 3.63) is 39.5 Å². The summed E-state index contributed by atoms with van der Waals surface area (Å²) in [7, 11) is 0. The fourth-order valence-corrected chi connectivity index (χ4v) is 2.72. The van der Waals surface area contributed by atoms with Gasteiger partial charge in [0.2, 0.25) is 0 Å². The molecule has 0 aliphatic rings. The Bertz CT molecular complexity index is 422. The van der Waals surface area contributed by atoms with Gasteiger partial charge < -0.3 is 5.73 Å². The van der Waals surface area contributed by atoms with Crippen molar-refractivity contribution < 1.29 is 0 Å². The second-order valence-electron chi connectivity index (χ2n) is 2.72. The zero-order valence-corrected chi connectivity index (χ0v) is 9.23. The number of hydrogen-bond acceptors (Lipinski definition) is 2. The van der Waals surface area contributed by atoms with E-state index in [4.69, 9.17) is 5.73 Å². The van der Waals surface area contributed by atoms with Gasteiger partial charge >= 0.3 is 0 Å². The predicted octanol–water partition coefficient (Wildman–Crippen LogP) is 3.76. The molecule has 2 rings (SSSR count). The van der Waals surface area contributed by atoms with Gasteiger partial charge in [0.05, 0.1) is 0 Å². The molecule has 2 aromatic rings. The molecule has 0 bridgehead atoms. The number of nitrogens with two attached hydrogens (primary N) is 1. The van der Waals surface area contributed by atoms with E-state index >= 15 is 0 Å². The van der Waals surface area contributed by atoms with Crippen LogP contribution in [0, 0.1) is 0 Å². The largest absolute Gasteiger partial charge is 0.398 e. The van der Waals surface area contributed by atoms with Crippen molar-refractivity contribution in [2.75, 3.05) is 5.73 Å². The minimum absolute atomic E-state index is 0.821. The molecule has 0 radical (unpaired) electrons. The van der Waals surface area contributed by atoms with Crippen LogP contribution in [-0.4, -0.2) is 0 Å². The molecule has 0 aliphatic carbocycles. The summed E-state index contributed by atoms with van der Waals surface area (Å²) < 4.78 is 1.11. The zero-order chi connectivity index (χ0) is 9.26. The summed E-state index contributed by atoms with van der Waals surface area (Å²) in [6.45, 7) is 0. The van der Waals surface area contributed by atoms with Crippen LogP contribution in [0.4, 0.5) is 5.69 Å². The monoisotopic (exact) mass is 253 g/mol. The Kier molecular flexibility index (Phi) is 2.38. The van der Waals surface area contributed by atoms with Gasteiger partial charge in [-0.05, 0) is 27.4 Å². The fraction of sp³-hybridized carbons (Fsp3) is 0. The van der Waals surface area contributed by atoms with Crippen molar-refractivity contribution >= 4 is 33.0 Å². The second kappa shape index (κ2) is 3.52. The molecule has 0 unspecified atom stereocenters. The molecule has 1 nitrogen and oxygen atoms in total. The average molecular weight is 254 g/mol. The van der Waals surface area contributed by atoms with E-state index in [0.29, 0.717) is 0 Å². The normalized spacial score (nSPS) is 10.2. The molecule has 2 N–H and O–H groups in total. The molecule has 66 valence electrons. The van der Waals surface area contributed by atoms with Crippen LogP contribution in [0.25, 0.3) is 11.1 Å². The van der Waals surface area contributed by atoms with Gasteiger partial charge in [-0.3, -0.25) is 0 Å². The number of anilines is 1. The number of halogens is 1. The van der Waals surface area contributed by atoms with Gasteiger partial charge in [-0.2, -0.15) is 11.3 Å². The molecule has 0 spiro atoms. The van der Waals surface area contributed by atoms with E-state index in [2.05, 4.69) is 26.7 Å². The third-order valence-electron chi connectivity index (χ3n) is 1.87. The van der Waals surface area contributed by atoms with Gasteiger partial charge in [0.25, 0.3) is 0 Å². The van der Waals surface area contributed by atoms with Gasteiger partial charge in [-0.1, -0.05) is 18.2 Å². The second-order valence-corrected chi connectivity index (χ2v) is 4.32. The Labute approximate surface area is 89.3 Å². The van der Waals surface area contributed by atoms with E-state index in [-0.39, 0.29) is 0 Å². The standard InChI is InChI=1S/C10H8BrNS/c11-9-6-13-5-8(9)7-3-1-2-4-10(7)12/h1-6H,12H2. The van der Waals surface area contributed by atoms with Crippen LogP contribution in [0.15, 0.2) is 39.5 Å². The Balaban J connectivity index is 2.59. The minimum Gasteiger partial charge on any atom is -0.398 e. The van der Waals surface area contributed by atoms with Gasteiger partial charge in [0, 0.05) is 26.7 Å². The predicted molar refractivity (Wildman–Crippen MR) is 61.9 cm³/mol. The number of hydrogen-bond donors (Lipinski definition) is 1. The molecule has 0 amide bonds. The van der Waals surface area contributed by atoms with Crippen molar-refractivity contribution in [1.82, 2.24) is 0 Å². The molecule has 0 atom stereocenters. The van der Waals surface area contributed by atoms with Crippen LogP contribution in [0.3, 0.4) is 0 Å². The number of para-hydroxylation sites is 1. The minimum atomic E-state index is 0.821. The lowest BCUT2D eigenvalue weighted by Gasteiger charge is -2.02. The van der Waals surface area contributed by atoms with Crippen LogP contribution in [-0.2, 0) is 0 Å². The van der Waals surface area contributed by atoms with Crippen LogP contribution >= 0.6 is 27.3 Å². The maximum absolute atomic E-state index is 5.86. The SMILES string of the molecule is Nc1ccccc1-c1cscc1Br. The Hall–Kier alpha value is -0.800. The fourth-order valence-electron chi connectivity index (χ4n) is 1.22. The number of benzene rings is 1. The summed E-state index contributed by atoms with van der Waals surface area (Å²) in [6.07, 6.45) is 0. The summed E-state index contributed by atoms with van der Waals surface area (Å²) in [5, 5.41) is 4.15. The highest BCUT2D eigenvalue weighted by Crippen LogP contribution is 2.34. The lowest BCUT2D eigenvalue weighted by atomic mass is 10.1. The van der Waals surface area contributed by atoms with Gasteiger partial charge in [-0.15, -0.1) is 0 Å². The summed E-state index contributed by atoms with van der Waals surface area (Å²) in [4.78, 5) is 0. The number of nitrogen functional groups attached to an aromatic ring is 1. The summed E-state index contributed by atoms with van der Waals surface area (Å²) >= 11 is 5.16. The Morgan fingerprint density at radius 3 is 2.46 bits per heavy atom. The lowest BCUT2D eigenvalue weighted by molar-refractivity contribution is 1.64. The summed E-state index contributed by atoms with van der Waals surface area (Å²) in [5.74, 6) is 0. The first-order chi connectivity index (χ1) is 6.29. The molecule has 0 fully saturated rings. The Morgan fingerprint density at radius 1 is 1.08 bits per heavy atom. The summed E-state index contributed by atoms with van der Waals surface area (Å²) in [5.41, 5.74) is 8.95. The van der Waals surface area contributed by atoms with E-state index in [1.54, 1.807) is 11.3 Å². The highest BCUT2D eigenvalue weighted by molar-refractivity contribution is 9.10. The topological polar surface area (TPSA) is 26.0 Å². The summed E-state index contributed by atoms with van der Waals surface area (Å²) in [6, 6.07) is 7.89. The molecule has 0 saturated heterocycles. The van der Waals surface area contributed by atoms with E-state index in [1.165, 1.54) is 5.56 Å². The molecule has 1 aromatic heterocycles. The van der Waals surface area contributed by atoms with E-state index < -0.39 is 0 Å². The van der Waals surface area contributed by atoms with E-state index in [1.807, 2.05) is 24.3 Å². The maximum Gasteiger partial charge on any atom is 0.0394 e. The van der Waals surface area contributed by atoms with Crippen LogP contribution in [0.2, 0.25) is 0 Å². The first kappa shape index (κ1) is 8.78. The van der Waals surface area contributed by atoms with Crippen LogP contribution in [0.1, 0.15) is 0 Å². The molecular weight excluding hydrogens is 246 g/mol. The van der Waals surface area contributed by atoms with Gasteiger partial charge in [0.15, 0.2) is 0 Å². The first-order valence-corrected chi connectivity index (χ1v) is 5.59. The molecule has 13 heavy (non-hydrogen) atoms. The maximum atomic E-state index is 5.86. The molecule has 0 aliphatic heterocycles. The molecule has 3 heteroatoms. The average Bonchev–Trinajstić information content (AvgIpc) is 2.52. The number of thiophene rings is 1. The smallest absolute Gasteiger partial charge is 0.0394 e. The van der Waals surface area contributed by atoms with Crippen molar-refractivity contribution in [2.45, 2.75) is 0 Å². The van der Waals surface area contributed by atoms with Crippen LogP contribution < -0.4 is 5.73 Å². The highest BCUT2D eigenvalue weighted by Gasteiger charge is 2.05. The quantitative estimate of drug-likeness (QED) is 0.770. The Morgan fingerprint density at radius 2 is 1.85 bits per heavy atom. The van der Waals surface area contributed by atoms with E-state index in [9.17, 15) is 0 Å². The number of rotatable bonds is 1. The lowest BCUT2D eigenvalue weighted by Crippen LogP contribution is -1.87. The first-order valence-electron chi connectivity index (χ1n) is 3.85. The third-order valence-corrected chi connectivity index (χ3v) is 3.57. The molecular formula is C10H8BrNS. The van der Waals surface area contributed by atoms with Crippen molar-refractivity contribution in [1.29, 1.82) is 0 Å². The highest BCUT2D eigenvalue weighted by atomic mass is 79.9. The molecule has 1 aromatic carbocycles. The zero-order valence-electron chi connectivity index (χ0n) is 6.83.